The molecule has 1 saturated heterocycles. The average Bonchev–Trinajstić information content (AvgIpc) is 3.00. The summed E-state index contributed by atoms with van der Waals surface area (Å²) in [5.41, 5.74) is 0.395. The van der Waals surface area contributed by atoms with Gasteiger partial charge in [0.25, 0.3) is 0 Å². The van der Waals surface area contributed by atoms with Crippen LogP contribution >= 0.6 is 0 Å². The summed E-state index contributed by atoms with van der Waals surface area (Å²) in [5.74, 6) is -0.509. The summed E-state index contributed by atoms with van der Waals surface area (Å²) in [6, 6.07) is 3.81. The molecule has 1 N–H and O–H groups in total. The molecule has 2 saturated carbocycles. The monoisotopic (exact) mass is 349 g/mol. The second-order valence-corrected chi connectivity index (χ2v) is 8.64. The smallest absolute Gasteiger partial charge is 0.217 e. The van der Waals surface area contributed by atoms with Crippen LogP contribution in [0, 0.1) is 34.3 Å². The first-order valence-corrected chi connectivity index (χ1v) is 9.09. The van der Waals surface area contributed by atoms with E-state index >= 15 is 0 Å². The summed E-state index contributed by atoms with van der Waals surface area (Å²) in [4.78, 5) is 11.8. The van der Waals surface area contributed by atoms with Gasteiger partial charge in [-0.3, -0.25) is 4.79 Å². The summed E-state index contributed by atoms with van der Waals surface area (Å²) < 4.78 is 33.7. The Morgan fingerprint density at radius 2 is 2.08 bits per heavy atom. The van der Waals surface area contributed by atoms with Gasteiger partial charge in [0.1, 0.15) is 11.6 Å². The predicted molar refractivity (Wildman–Crippen MR) is 89.7 cm³/mol. The topological polar surface area (TPSA) is 38.3 Å². The van der Waals surface area contributed by atoms with Gasteiger partial charge in [-0.15, -0.1) is 0 Å². The lowest BCUT2D eigenvalue weighted by Gasteiger charge is -2.53. The lowest BCUT2D eigenvalue weighted by Crippen LogP contribution is -2.58. The molecule has 1 aliphatic heterocycles. The van der Waals surface area contributed by atoms with E-state index in [1.165, 1.54) is 12.1 Å². The van der Waals surface area contributed by atoms with Gasteiger partial charge in [0.15, 0.2) is 0 Å². The lowest BCUT2D eigenvalue weighted by atomic mass is 9.59. The number of carbonyl (C=O) groups is 1. The molecular weight excluding hydrogens is 324 g/mol. The molecule has 3 fully saturated rings. The van der Waals surface area contributed by atoms with E-state index < -0.39 is 11.6 Å². The second kappa shape index (κ2) is 5.50. The van der Waals surface area contributed by atoms with E-state index in [1.807, 2.05) is 0 Å². The number of benzene rings is 1. The molecule has 1 heterocycles. The number of halogens is 2. The van der Waals surface area contributed by atoms with Crippen LogP contribution in [0.4, 0.5) is 8.78 Å². The molecule has 0 aromatic heterocycles. The quantitative estimate of drug-likeness (QED) is 0.877. The SMILES string of the molecule is CC(=O)N[C@H]1C(C)(C)[C@@H]2C[C@@H]3[C@@H](c4ccc(F)cc4F)OCC[C@@]31C2. The highest BCUT2D eigenvalue weighted by atomic mass is 19.1. The highest BCUT2D eigenvalue weighted by Gasteiger charge is 2.68. The highest BCUT2D eigenvalue weighted by molar-refractivity contribution is 5.73. The standard InChI is InChI=1S/C20H25F2NO2/c1-11(24)23-18-19(2,3)12-8-15-17(25-7-6-20(15,18)10-12)14-5-4-13(21)9-16(14)22/h4-5,9,12,15,17-18H,6-8,10H2,1-3H3,(H,23,24)/t12-,15-,17-,18+,20-/m1/s1. The van der Waals surface area contributed by atoms with Gasteiger partial charge in [0.05, 0.1) is 6.10 Å². The minimum Gasteiger partial charge on any atom is -0.373 e. The Balaban J connectivity index is 1.73. The zero-order valence-corrected chi connectivity index (χ0v) is 14.9. The Bertz CT molecular complexity index is 720. The van der Waals surface area contributed by atoms with E-state index in [9.17, 15) is 13.6 Å². The molecule has 25 heavy (non-hydrogen) atoms. The maximum Gasteiger partial charge on any atom is 0.217 e. The molecule has 0 radical (unpaired) electrons. The van der Waals surface area contributed by atoms with E-state index in [0.29, 0.717) is 18.1 Å². The van der Waals surface area contributed by atoms with Gasteiger partial charge >= 0.3 is 0 Å². The number of hydrogen-bond donors (Lipinski definition) is 1. The van der Waals surface area contributed by atoms with Crippen molar-refractivity contribution in [3.05, 3.63) is 35.4 Å². The third kappa shape index (κ3) is 2.35. The number of carbonyl (C=O) groups excluding carboxylic acids is 1. The summed E-state index contributed by atoms with van der Waals surface area (Å²) in [7, 11) is 0. The molecule has 3 aliphatic rings. The van der Waals surface area contributed by atoms with Gasteiger partial charge in [-0.1, -0.05) is 19.9 Å². The molecule has 136 valence electrons. The molecule has 4 rings (SSSR count). The molecule has 1 spiro atoms. The van der Waals surface area contributed by atoms with Crippen LogP contribution in [-0.2, 0) is 9.53 Å². The lowest BCUT2D eigenvalue weighted by molar-refractivity contribution is -0.136. The Labute approximate surface area is 147 Å². The molecule has 5 atom stereocenters. The maximum atomic E-state index is 14.4. The number of nitrogens with one attached hydrogen (secondary N) is 1. The summed E-state index contributed by atoms with van der Waals surface area (Å²) in [6.45, 7) is 6.55. The first-order chi connectivity index (χ1) is 11.8. The molecule has 0 unspecified atom stereocenters. The van der Waals surface area contributed by atoms with Crippen LogP contribution in [-0.4, -0.2) is 18.6 Å². The fourth-order valence-corrected chi connectivity index (χ4v) is 6.03. The molecule has 1 aromatic carbocycles. The number of hydrogen-bond acceptors (Lipinski definition) is 2. The van der Waals surface area contributed by atoms with E-state index in [1.54, 1.807) is 6.92 Å². The fourth-order valence-electron chi connectivity index (χ4n) is 6.03. The molecule has 2 bridgehead atoms. The zero-order valence-electron chi connectivity index (χ0n) is 14.9. The van der Waals surface area contributed by atoms with Crippen LogP contribution in [0.3, 0.4) is 0 Å². The number of rotatable bonds is 2. The highest BCUT2D eigenvalue weighted by Crippen LogP contribution is 2.70. The van der Waals surface area contributed by atoms with Gasteiger partial charge in [-0.2, -0.15) is 0 Å². The second-order valence-electron chi connectivity index (χ2n) is 8.64. The summed E-state index contributed by atoms with van der Waals surface area (Å²) in [6.07, 6.45) is 2.51. The predicted octanol–water partition coefficient (Wildman–Crippen LogP) is 3.98. The number of fused-ring (bicyclic) bond motifs is 1. The molecule has 5 heteroatoms. The van der Waals surface area contributed by atoms with Crippen molar-refractivity contribution in [3.8, 4) is 0 Å². The molecule has 1 aromatic rings. The largest absolute Gasteiger partial charge is 0.373 e. The Hall–Kier alpha value is -1.49. The van der Waals surface area contributed by atoms with Crippen molar-refractivity contribution >= 4 is 5.91 Å². The van der Waals surface area contributed by atoms with Crippen molar-refractivity contribution < 1.29 is 18.3 Å². The Morgan fingerprint density at radius 3 is 2.76 bits per heavy atom. The van der Waals surface area contributed by atoms with Gasteiger partial charge in [0.2, 0.25) is 5.91 Å². The van der Waals surface area contributed by atoms with E-state index in [4.69, 9.17) is 4.74 Å². The van der Waals surface area contributed by atoms with Crippen LogP contribution in [0.1, 0.15) is 51.7 Å². The van der Waals surface area contributed by atoms with Crippen LogP contribution in [0.5, 0.6) is 0 Å². The first-order valence-electron chi connectivity index (χ1n) is 9.09. The molecule has 1 amide bonds. The Morgan fingerprint density at radius 1 is 1.32 bits per heavy atom. The number of ether oxygens (including phenoxy) is 1. The Kier molecular flexibility index (Phi) is 3.73. The fraction of sp³-hybridized carbons (Fsp3) is 0.650. The van der Waals surface area contributed by atoms with Crippen molar-refractivity contribution in [2.24, 2.45) is 22.7 Å². The van der Waals surface area contributed by atoms with Gasteiger partial charge in [0, 0.05) is 31.2 Å². The summed E-state index contributed by atoms with van der Waals surface area (Å²) >= 11 is 0. The average molecular weight is 349 g/mol. The maximum absolute atomic E-state index is 14.4. The third-order valence-corrected chi connectivity index (χ3v) is 7.12. The van der Waals surface area contributed by atoms with Crippen molar-refractivity contribution in [2.75, 3.05) is 6.61 Å². The van der Waals surface area contributed by atoms with Crippen molar-refractivity contribution in [3.63, 3.8) is 0 Å². The van der Waals surface area contributed by atoms with Gasteiger partial charge < -0.3 is 10.1 Å². The molecule has 3 nitrogen and oxygen atoms in total. The van der Waals surface area contributed by atoms with Gasteiger partial charge in [-0.05, 0) is 48.0 Å². The summed E-state index contributed by atoms with van der Waals surface area (Å²) in [5, 5.41) is 3.20. The molecule has 2 aliphatic carbocycles. The van der Waals surface area contributed by atoms with Crippen LogP contribution in [0.15, 0.2) is 18.2 Å². The number of amides is 1. The minimum atomic E-state index is -0.572. The third-order valence-electron chi connectivity index (χ3n) is 7.12. The zero-order chi connectivity index (χ0) is 18.0. The van der Waals surface area contributed by atoms with E-state index in [-0.39, 0.29) is 34.8 Å². The minimum absolute atomic E-state index is 0.0187. The van der Waals surface area contributed by atoms with Crippen LogP contribution in [0.25, 0.3) is 0 Å². The van der Waals surface area contributed by atoms with Crippen molar-refractivity contribution in [1.29, 1.82) is 0 Å². The normalized spacial score (nSPS) is 38.4. The first kappa shape index (κ1) is 17.0. The van der Waals surface area contributed by atoms with E-state index in [0.717, 1.165) is 25.3 Å². The van der Waals surface area contributed by atoms with Gasteiger partial charge in [-0.25, -0.2) is 8.78 Å². The van der Waals surface area contributed by atoms with Crippen LogP contribution in [0.2, 0.25) is 0 Å². The van der Waals surface area contributed by atoms with Crippen molar-refractivity contribution in [2.45, 2.75) is 52.2 Å². The molecular formula is C20H25F2NO2. The van der Waals surface area contributed by atoms with Crippen LogP contribution < -0.4 is 5.32 Å². The van der Waals surface area contributed by atoms with Crippen molar-refractivity contribution in [1.82, 2.24) is 5.32 Å². The van der Waals surface area contributed by atoms with E-state index in [2.05, 4.69) is 19.2 Å².